The summed E-state index contributed by atoms with van der Waals surface area (Å²) in [6.45, 7) is 0.407. The molecular formula is C13H13NO3. The van der Waals surface area contributed by atoms with Crippen LogP contribution in [0.3, 0.4) is 0 Å². The van der Waals surface area contributed by atoms with Gasteiger partial charge in [0.1, 0.15) is 0 Å². The van der Waals surface area contributed by atoms with Gasteiger partial charge in [0.05, 0.1) is 12.0 Å². The number of carbonyl (C=O) groups is 2. The molecule has 0 bridgehead atoms. The highest BCUT2D eigenvalue weighted by molar-refractivity contribution is 5.91. The van der Waals surface area contributed by atoms with E-state index in [1.165, 1.54) is 6.07 Å². The van der Waals surface area contributed by atoms with Crippen LogP contribution in [-0.2, 0) is 11.2 Å². The van der Waals surface area contributed by atoms with E-state index in [0.717, 1.165) is 0 Å². The molecule has 0 radical (unpaired) electrons. The number of hydrogen-bond acceptors (Lipinski definition) is 2. The normalized spacial score (nSPS) is 9.35. The van der Waals surface area contributed by atoms with Crippen molar-refractivity contribution in [2.24, 2.45) is 0 Å². The van der Waals surface area contributed by atoms with Crippen LogP contribution in [0.2, 0.25) is 0 Å². The monoisotopic (exact) mass is 231 g/mol. The topological polar surface area (TPSA) is 66.4 Å². The predicted molar refractivity (Wildman–Crippen MR) is 63.6 cm³/mol. The molecule has 0 spiro atoms. The third-order valence-electron chi connectivity index (χ3n) is 2.19. The Bertz CT molecular complexity index is 460. The highest BCUT2D eigenvalue weighted by Gasteiger charge is 2.11. The van der Waals surface area contributed by atoms with Crippen molar-refractivity contribution in [3.8, 4) is 12.3 Å². The van der Waals surface area contributed by atoms with Gasteiger partial charge in [0, 0.05) is 13.0 Å². The lowest BCUT2D eigenvalue weighted by Crippen LogP contribution is -2.26. The van der Waals surface area contributed by atoms with Gasteiger partial charge in [-0.15, -0.1) is 12.3 Å². The molecule has 1 rings (SSSR count). The van der Waals surface area contributed by atoms with Gasteiger partial charge in [-0.3, -0.25) is 4.79 Å². The molecule has 0 fully saturated rings. The minimum absolute atomic E-state index is 0.0487. The van der Waals surface area contributed by atoms with Crippen LogP contribution in [0.1, 0.15) is 22.3 Å². The summed E-state index contributed by atoms with van der Waals surface area (Å²) in [5.74, 6) is 1.15. The molecule has 2 N–H and O–H groups in total. The Kier molecular flexibility index (Phi) is 4.77. The summed E-state index contributed by atoms with van der Waals surface area (Å²) in [6.07, 6.45) is 5.57. The molecule has 0 atom stereocenters. The maximum absolute atomic E-state index is 11.5. The van der Waals surface area contributed by atoms with Crippen molar-refractivity contribution in [1.82, 2.24) is 5.32 Å². The molecule has 0 aromatic heterocycles. The first-order valence-electron chi connectivity index (χ1n) is 5.16. The lowest BCUT2D eigenvalue weighted by atomic mass is 10.0. The van der Waals surface area contributed by atoms with Crippen molar-refractivity contribution in [2.45, 2.75) is 12.8 Å². The minimum atomic E-state index is -1.03. The van der Waals surface area contributed by atoms with Gasteiger partial charge in [-0.2, -0.15) is 0 Å². The maximum atomic E-state index is 11.5. The van der Waals surface area contributed by atoms with Crippen molar-refractivity contribution in [3.63, 3.8) is 0 Å². The molecule has 0 aliphatic rings. The number of amides is 1. The van der Waals surface area contributed by atoms with E-state index in [-0.39, 0.29) is 17.9 Å². The number of hydrogen-bond donors (Lipinski definition) is 2. The highest BCUT2D eigenvalue weighted by Crippen LogP contribution is 2.09. The fourth-order valence-electron chi connectivity index (χ4n) is 1.39. The minimum Gasteiger partial charge on any atom is -0.478 e. The van der Waals surface area contributed by atoms with Gasteiger partial charge in [-0.25, -0.2) is 4.79 Å². The molecular weight excluding hydrogens is 218 g/mol. The molecule has 17 heavy (non-hydrogen) atoms. The fourth-order valence-corrected chi connectivity index (χ4v) is 1.39. The fraction of sp³-hybridized carbons (Fsp3) is 0.231. The third-order valence-corrected chi connectivity index (χ3v) is 2.19. The first-order valence-corrected chi connectivity index (χ1v) is 5.16. The molecule has 0 aliphatic heterocycles. The van der Waals surface area contributed by atoms with Crippen molar-refractivity contribution >= 4 is 11.9 Å². The average Bonchev–Trinajstić information content (AvgIpc) is 2.29. The van der Waals surface area contributed by atoms with E-state index < -0.39 is 5.97 Å². The molecule has 1 aromatic carbocycles. The van der Waals surface area contributed by atoms with Crippen molar-refractivity contribution < 1.29 is 14.7 Å². The van der Waals surface area contributed by atoms with Crippen LogP contribution in [0.4, 0.5) is 0 Å². The molecule has 0 aliphatic carbocycles. The van der Waals surface area contributed by atoms with Gasteiger partial charge in [0.15, 0.2) is 0 Å². The van der Waals surface area contributed by atoms with Gasteiger partial charge in [-0.1, -0.05) is 18.2 Å². The Morgan fingerprint density at radius 3 is 2.71 bits per heavy atom. The van der Waals surface area contributed by atoms with E-state index in [0.29, 0.717) is 18.5 Å². The molecule has 1 aromatic rings. The second-order valence-corrected chi connectivity index (χ2v) is 3.44. The predicted octanol–water partition coefficient (Wildman–Crippen LogP) is 1.07. The summed E-state index contributed by atoms with van der Waals surface area (Å²) >= 11 is 0. The number of nitrogens with one attached hydrogen (secondary N) is 1. The van der Waals surface area contributed by atoms with Crippen LogP contribution in [0.5, 0.6) is 0 Å². The molecule has 4 nitrogen and oxygen atoms in total. The molecule has 1 amide bonds. The summed E-state index contributed by atoms with van der Waals surface area (Å²) in [5.41, 5.74) is 0.651. The first kappa shape index (κ1) is 12.8. The van der Waals surface area contributed by atoms with Crippen molar-refractivity contribution in [1.29, 1.82) is 0 Å². The van der Waals surface area contributed by atoms with Gasteiger partial charge in [0.2, 0.25) is 5.91 Å². The van der Waals surface area contributed by atoms with Crippen LogP contribution in [-0.4, -0.2) is 23.5 Å². The smallest absolute Gasteiger partial charge is 0.335 e. The number of terminal acetylenes is 1. The third kappa shape index (κ3) is 3.99. The van der Waals surface area contributed by atoms with Crippen LogP contribution >= 0.6 is 0 Å². The Morgan fingerprint density at radius 1 is 1.35 bits per heavy atom. The maximum Gasteiger partial charge on any atom is 0.335 e. The number of aromatic carboxylic acids is 1. The molecule has 0 saturated heterocycles. The molecule has 4 heteroatoms. The quantitative estimate of drug-likeness (QED) is 0.588. The molecule has 0 unspecified atom stereocenters. The zero-order chi connectivity index (χ0) is 12.7. The standard InChI is InChI=1S/C13H13NO3/c1-2-3-8-14-12(15)9-10-6-4-5-7-11(10)13(16)17/h1,4-7H,3,8-9H2,(H,14,15)(H,16,17). The van der Waals surface area contributed by atoms with Gasteiger partial charge in [-0.05, 0) is 11.6 Å². The van der Waals surface area contributed by atoms with Gasteiger partial charge >= 0.3 is 5.97 Å². The van der Waals surface area contributed by atoms with Gasteiger partial charge < -0.3 is 10.4 Å². The van der Waals surface area contributed by atoms with E-state index in [9.17, 15) is 9.59 Å². The lowest BCUT2D eigenvalue weighted by Gasteiger charge is -2.06. The summed E-state index contributed by atoms with van der Waals surface area (Å²) < 4.78 is 0. The Morgan fingerprint density at radius 2 is 2.06 bits per heavy atom. The summed E-state index contributed by atoms with van der Waals surface area (Å²) in [7, 11) is 0. The Hall–Kier alpha value is -2.28. The molecule has 0 saturated carbocycles. The lowest BCUT2D eigenvalue weighted by molar-refractivity contribution is -0.120. The number of benzene rings is 1. The van der Waals surface area contributed by atoms with Crippen LogP contribution < -0.4 is 5.32 Å². The SMILES string of the molecule is C#CCCNC(=O)Cc1ccccc1C(=O)O. The first-order chi connectivity index (χ1) is 8.15. The zero-order valence-corrected chi connectivity index (χ0v) is 9.27. The molecule has 0 heterocycles. The van der Waals surface area contributed by atoms with E-state index >= 15 is 0 Å². The summed E-state index contributed by atoms with van der Waals surface area (Å²) in [5, 5.41) is 11.6. The summed E-state index contributed by atoms with van der Waals surface area (Å²) in [4.78, 5) is 22.4. The van der Waals surface area contributed by atoms with Crippen molar-refractivity contribution in [3.05, 3.63) is 35.4 Å². The largest absolute Gasteiger partial charge is 0.478 e. The second-order valence-electron chi connectivity index (χ2n) is 3.44. The second kappa shape index (κ2) is 6.33. The Labute approximate surface area is 99.7 Å². The zero-order valence-electron chi connectivity index (χ0n) is 9.27. The van der Waals surface area contributed by atoms with Gasteiger partial charge in [0.25, 0.3) is 0 Å². The van der Waals surface area contributed by atoms with E-state index in [1.54, 1.807) is 18.2 Å². The number of carbonyl (C=O) groups excluding carboxylic acids is 1. The summed E-state index contributed by atoms with van der Waals surface area (Å²) in [6, 6.07) is 6.44. The molecule has 88 valence electrons. The van der Waals surface area contributed by atoms with E-state index in [4.69, 9.17) is 11.5 Å². The number of carboxylic acid groups (broad SMARTS) is 1. The van der Waals surface area contributed by atoms with Crippen LogP contribution in [0.15, 0.2) is 24.3 Å². The Balaban J connectivity index is 2.65. The number of carboxylic acids is 1. The van der Waals surface area contributed by atoms with Crippen molar-refractivity contribution in [2.75, 3.05) is 6.54 Å². The van der Waals surface area contributed by atoms with E-state index in [1.807, 2.05) is 0 Å². The van der Waals surface area contributed by atoms with Crippen LogP contribution in [0.25, 0.3) is 0 Å². The van der Waals surface area contributed by atoms with Crippen LogP contribution in [0, 0.1) is 12.3 Å². The average molecular weight is 231 g/mol. The highest BCUT2D eigenvalue weighted by atomic mass is 16.4. The van der Waals surface area contributed by atoms with E-state index in [2.05, 4.69) is 11.2 Å². The number of rotatable bonds is 5.